The van der Waals surface area contributed by atoms with Crippen molar-refractivity contribution in [2.75, 3.05) is 6.79 Å². The Hall–Kier alpha value is -2.50. The molecule has 6 heteroatoms. The van der Waals surface area contributed by atoms with E-state index in [1.165, 1.54) is 0 Å². The average molecular weight is 289 g/mol. The summed E-state index contributed by atoms with van der Waals surface area (Å²) in [5.74, 6) is 1.71. The molecule has 0 saturated carbocycles. The summed E-state index contributed by atoms with van der Waals surface area (Å²) in [7, 11) is 0. The second-order valence-electron chi connectivity index (χ2n) is 4.83. The molecule has 1 aliphatic heterocycles. The van der Waals surface area contributed by atoms with Crippen molar-refractivity contribution in [3.8, 4) is 11.5 Å². The number of fused-ring (bicyclic) bond motifs is 1. The molecule has 6 nitrogen and oxygen atoms in total. The van der Waals surface area contributed by atoms with E-state index in [0.717, 1.165) is 11.1 Å². The van der Waals surface area contributed by atoms with E-state index in [-0.39, 0.29) is 25.8 Å². The molecule has 2 heterocycles. The number of hydrogen-bond acceptors (Lipinski definition) is 6. The largest absolute Gasteiger partial charge is 0.461 e. The van der Waals surface area contributed by atoms with Crippen LogP contribution in [0, 0.1) is 13.8 Å². The summed E-state index contributed by atoms with van der Waals surface area (Å²) < 4.78 is 20.8. The molecule has 0 aliphatic carbocycles. The van der Waals surface area contributed by atoms with Crippen LogP contribution in [0.2, 0.25) is 0 Å². The van der Waals surface area contributed by atoms with Crippen molar-refractivity contribution in [1.29, 1.82) is 0 Å². The van der Waals surface area contributed by atoms with Gasteiger partial charge in [-0.15, -0.1) is 0 Å². The lowest BCUT2D eigenvalue weighted by molar-refractivity contribution is -0.144. The van der Waals surface area contributed by atoms with Crippen molar-refractivity contribution in [3.05, 3.63) is 40.8 Å². The Bertz CT molecular complexity index is 657. The highest BCUT2D eigenvalue weighted by atomic mass is 16.7. The van der Waals surface area contributed by atoms with Crippen LogP contribution in [0.4, 0.5) is 0 Å². The first kappa shape index (κ1) is 13.5. The van der Waals surface area contributed by atoms with Gasteiger partial charge in [-0.3, -0.25) is 4.79 Å². The third kappa shape index (κ3) is 2.84. The molecular weight excluding hydrogens is 274 g/mol. The Kier molecular flexibility index (Phi) is 3.51. The second kappa shape index (κ2) is 5.47. The van der Waals surface area contributed by atoms with Gasteiger partial charge in [0.15, 0.2) is 11.5 Å². The summed E-state index contributed by atoms with van der Waals surface area (Å²) in [5, 5.41) is 3.81. The molecule has 0 spiro atoms. The van der Waals surface area contributed by atoms with E-state index in [4.69, 9.17) is 18.7 Å². The fourth-order valence-corrected chi connectivity index (χ4v) is 2.14. The third-order valence-electron chi connectivity index (χ3n) is 3.34. The molecule has 1 aromatic carbocycles. The van der Waals surface area contributed by atoms with Crippen LogP contribution < -0.4 is 9.47 Å². The zero-order chi connectivity index (χ0) is 14.8. The van der Waals surface area contributed by atoms with E-state index >= 15 is 0 Å². The molecule has 0 bridgehead atoms. The van der Waals surface area contributed by atoms with E-state index < -0.39 is 0 Å². The van der Waals surface area contributed by atoms with E-state index in [9.17, 15) is 4.79 Å². The smallest absolute Gasteiger partial charge is 0.310 e. The maximum absolute atomic E-state index is 11.9. The molecular formula is C15H15NO5. The molecule has 0 fully saturated rings. The fourth-order valence-electron chi connectivity index (χ4n) is 2.14. The maximum atomic E-state index is 11.9. The highest BCUT2D eigenvalue weighted by molar-refractivity contribution is 5.73. The molecule has 1 aliphatic rings. The van der Waals surface area contributed by atoms with E-state index in [1.54, 1.807) is 19.9 Å². The number of aromatic nitrogens is 1. The van der Waals surface area contributed by atoms with Gasteiger partial charge in [-0.2, -0.15) is 0 Å². The van der Waals surface area contributed by atoms with Gasteiger partial charge in [-0.05, 0) is 31.5 Å². The minimum atomic E-state index is -0.318. The second-order valence-corrected chi connectivity index (χ2v) is 4.83. The molecule has 0 atom stereocenters. The molecule has 0 radical (unpaired) electrons. The van der Waals surface area contributed by atoms with E-state index in [1.807, 2.05) is 12.1 Å². The monoisotopic (exact) mass is 289 g/mol. The van der Waals surface area contributed by atoms with Gasteiger partial charge in [0.1, 0.15) is 12.4 Å². The maximum Gasteiger partial charge on any atom is 0.310 e. The van der Waals surface area contributed by atoms with E-state index in [0.29, 0.717) is 23.0 Å². The predicted molar refractivity (Wildman–Crippen MR) is 72.0 cm³/mol. The molecule has 1 aromatic heterocycles. The van der Waals surface area contributed by atoms with Gasteiger partial charge in [-0.1, -0.05) is 11.2 Å². The fraction of sp³-hybridized carbons (Fsp3) is 0.333. The average Bonchev–Trinajstić information content (AvgIpc) is 3.06. The van der Waals surface area contributed by atoms with Crippen LogP contribution in [0.15, 0.2) is 22.7 Å². The molecule has 0 N–H and O–H groups in total. The number of benzene rings is 1. The number of rotatable bonds is 4. The van der Waals surface area contributed by atoms with Crippen LogP contribution in [0.3, 0.4) is 0 Å². The first-order valence-electron chi connectivity index (χ1n) is 6.59. The van der Waals surface area contributed by atoms with Crippen LogP contribution in [0.1, 0.15) is 22.6 Å². The van der Waals surface area contributed by atoms with Gasteiger partial charge in [0.05, 0.1) is 12.1 Å². The van der Waals surface area contributed by atoms with Crippen molar-refractivity contribution in [3.63, 3.8) is 0 Å². The number of aryl methyl sites for hydroxylation is 2. The number of ether oxygens (including phenoxy) is 3. The summed E-state index contributed by atoms with van der Waals surface area (Å²) in [6, 6.07) is 5.46. The van der Waals surface area contributed by atoms with Gasteiger partial charge < -0.3 is 18.7 Å². The Balaban J connectivity index is 1.59. The first-order valence-corrected chi connectivity index (χ1v) is 6.59. The molecule has 2 aromatic rings. The molecule has 110 valence electrons. The standard InChI is InChI=1S/C15H15NO5/c1-9-12(10(2)21-16-9)6-15(17)18-7-11-3-4-13-14(5-11)20-8-19-13/h3-5H,6-8H2,1-2H3. The molecule has 0 unspecified atom stereocenters. The third-order valence-corrected chi connectivity index (χ3v) is 3.34. The molecule has 3 rings (SSSR count). The lowest BCUT2D eigenvalue weighted by Gasteiger charge is -2.05. The zero-order valence-electron chi connectivity index (χ0n) is 11.8. The lowest BCUT2D eigenvalue weighted by Crippen LogP contribution is -2.09. The zero-order valence-corrected chi connectivity index (χ0v) is 11.8. The van der Waals surface area contributed by atoms with Gasteiger partial charge >= 0.3 is 5.97 Å². The summed E-state index contributed by atoms with van der Waals surface area (Å²) in [4.78, 5) is 11.9. The van der Waals surface area contributed by atoms with Gasteiger partial charge in [0.25, 0.3) is 0 Å². The minimum absolute atomic E-state index is 0.158. The summed E-state index contributed by atoms with van der Waals surface area (Å²) in [6.45, 7) is 4.00. The Morgan fingerprint density at radius 2 is 2.10 bits per heavy atom. The Morgan fingerprint density at radius 1 is 1.29 bits per heavy atom. The van der Waals surface area contributed by atoms with Crippen molar-refractivity contribution < 1.29 is 23.5 Å². The normalized spacial score (nSPS) is 12.5. The number of carbonyl (C=O) groups excluding carboxylic acids is 1. The van der Waals surface area contributed by atoms with Crippen LogP contribution in [0.25, 0.3) is 0 Å². The van der Waals surface area contributed by atoms with Crippen LogP contribution in [-0.2, 0) is 22.6 Å². The van der Waals surface area contributed by atoms with Gasteiger partial charge in [-0.25, -0.2) is 0 Å². The lowest BCUT2D eigenvalue weighted by atomic mass is 10.1. The summed E-state index contributed by atoms with van der Waals surface area (Å²) in [6.07, 6.45) is 0.158. The SMILES string of the molecule is Cc1noc(C)c1CC(=O)OCc1ccc2c(c1)OCO2. The highest BCUT2D eigenvalue weighted by Crippen LogP contribution is 2.32. The molecule has 0 saturated heterocycles. The predicted octanol–water partition coefficient (Wildman–Crippen LogP) is 2.31. The number of hydrogen-bond donors (Lipinski definition) is 0. The van der Waals surface area contributed by atoms with Gasteiger partial charge in [0, 0.05) is 5.56 Å². The Morgan fingerprint density at radius 3 is 2.86 bits per heavy atom. The van der Waals surface area contributed by atoms with Crippen molar-refractivity contribution in [2.24, 2.45) is 0 Å². The first-order chi connectivity index (χ1) is 10.1. The van der Waals surface area contributed by atoms with Crippen molar-refractivity contribution in [2.45, 2.75) is 26.9 Å². The topological polar surface area (TPSA) is 70.8 Å². The van der Waals surface area contributed by atoms with Crippen molar-refractivity contribution >= 4 is 5.97 Å². The quantitative estimate of drug-likeness (QED) is 0.804. The van der Waals surface area contributed by atoms with Crippen LogP contribution in [-0.4, -0.2) is 17.9 Å². The highest BCUT2D eigenvalue weighted by Gasteiger charge is 2.16. The number of esters is 1. The summed E-state index contributed by atoms with van der Waals surface area (Å²) in [5.41, 5.74) is 2.35. The minimum Gasteiger partial charge on any atom is -0.461 e. The molecule has 0 amide bonds. The van der Waals surface area contributed by atoms with Crippen LogP contribution in [0.5, 0.6) is 11.5 Å². The Labute approximate surface area is 121 Å². The molecule has 21 heavy (non-hydrogen) atoms. The van der Waals surface area contributed by atoms with E-state index in [2.05, 4.69) is 5.16 Å². The van der Waals surface area contributed by atoms with Gasteiger partial charge in [0.2, 0.25) is 6.79 Å². The number of nitrogens with zero attached hydrogens (tertiary/aromatic N) is 1. The number of carbonyl (C=O) groups is 1. The van der Waals surface area contributed by atoms with Crippen molar-refractivity contribution in [1.82, 2.24) is 5.16 Å². The van der Waals surface area contributed by atoms with Crippen LogP contribution >= 0.6 is 0 Å². The summed E-state index contributed by atoms with van der Waals surface area (Å²) >= 11 is 0.